The van der Waals surface area contributed by atoms with Crippen molar-refractivity contribution in [2.45, 2.75) is 37.1 Å². The summed E-state index contributed by atoms with van der Waals surface area (Å²) in [5.41, 5.74) is 2.88. The molecule has 2 rings (SSSR count). The van der Waals surface area contributed by atoms with Crippen molar-refractivity contribution in [2.24, 2.45) is 0 Å². The lowest BCUT2D eigenvalue weighted by Gasteiger charge is -2.21. The zero-order chi connectivity index (χ0) is 13.0. The van der Waals surface area contributed by atoms with Crippen molar-refractivity contribution in [1.82, 2.24) is 4.98 Å². The van der Waals surface area contributed by atoms with E-state index in [-0.39, 0.29) is 5.88 Å². The van der Waals surface area contributed by atoms with Gasteiger partial charge in [0.1, 0.15) is 5.03 Å². The van der Waals surface area contributed by atoms with E-state index >= 15 is 0 Å². The van der Waals surface area contributed by atoms with Gasteiger partial charge in [-0.25, -0.2) is 4.98 Å². The number of fused-ring (bicyclic) bond motifs is 1. The van der Waals surface area contributed by atoms with Crippen LogP contribution in [0.3, 0.4) is 0 Å². The molecule has 0 spiro atoms. The molecule has 0 bridgehead atoms. The van der Waals surface area contributed by atoms with Crippen molar-refractivity contribution in [3.8, 4) is 5.88 Å². The number of thioether (sulfide) groups is 1. The fourth-order valence-corrected chi connectivity index (χ4v) is 3.26. The van der Waals surface area contributed by atoms with Gasteiger partial charge in [0.05, 0.1) is 5.56 Å². The first-order valence-corrected chi connectivity index (χ1v) is 7.13. The van der Waals surface area contributed by atoms with E-state index in [9.17, 15) is 5.11 Å². The van der Waals surface area contributed by atoms with Crippen LogP contribution in [0, 0.1) is 10.8 Å². The van der Waals surface area contributed by atoms with Crippen molar-refractivity contribution in [3.05, 3.63) is 16.7 Å². The Bertz CT molecular complexity index is 474. The standard InChI is InChI=1S/C13H17N3OS/c14-6-3-7-18-13-10-5-2-1-4-9(10)11(8-15)12(17)16-13/h6,8,14-15H,1-5,7H2,(H,16,17). The molecule has 1 heterocycles. The lowest BCUT2D eigenvalue weighted by Crippen LogP contribution is -2.10. The minimum Gasteiger partial charge on any atom is -0.493 e. The fourth-order valence-electron chi connectivity index (χ4n) is 2.28. The molecule has 0 unspecified atom stereocenters. The summed E-state index contributed by atoms with van der Waals surface area (Å²) < 4.78 is 0. The fraction of sp³-hybridized carbons (Fsp3) is 0.462. The van der Waals surface area contributed by atoms with Crippen LogP contribution in [0.4, 0.5) is 0 Å². The number of nitrogens with one attached hydrogen (secondary N) is 2. The smallest absolute Gasteiger partial charge is 0.221 e. The molecular formula is C13H17N3OS. The summed E-state index contributed by atoms with van der Waals surface area (Å²) in [6, 6.07) is 0. The van der Waals surface area contributed by atoms with Gasteiger partial charge in [-0.3, -0.25) is 0 Å². The molecule has 1 aromatic heterocycles. The average molecular weight is 263 g/mol. The molecule has 4 nitrogen and oxygen atoms in total. The Morgan fingerprint density at radius 1 is 1.22 bits per heavy atom. The van der Waals surface area contributed by atoms with E-state index in [1.54, 1.807) is 11.8 Å². The Labute approximate surface area is 111 Å². The van der Waals surface area contributed by atoms with Crippen LogP contribution >= 0.6 is 11.8 Å². The maximum atomic E-state index is 9.88. The first kappa shape index (κ1) is 13.1. The summed E-state index contributed by atoms with van der Waals surface area (Å²) in [6.45, 7) is 0. The Kier molecular flexibility index (Phi) is 4.36. The van der Waals surface area contributed by atoms with Gasteiger partial charge < -0.3 is 15.9 Å². The molecule has 1 aromatic rings. The second-order valence-electron chi connectivity index (χ2n) is 4.30. The third kappa shape index (κ3) is 2.56. The zero-order valence-electron chi connectivity index (χ0n) is 10.2. The number of aromatic hydroxyl groups is 1. The summed E-state index contributed by atoms with van der Waals surface area (Å²) in [4.78, 5) is 4.22. The highest BCUT2D eigenvalue weighted by Crippen LogP contribution is 2.34. The monoisotopic (exact) mass is 263 g/mol. The van der Waals surface area contributed by atoms with Crippen LogP contribution in [-0.2, 0) is 12.8 Å². The molecule has 0 aromatic carbocycles. The van der Waals surface area contributed by atoms with E-state index in [1.165, 1.54) is 18.0 Å². The topological polar surface area (TPSA) is 80.8 Å². The van der Waals surface area contributed by atoms with Crippen LogP contribution in [0.5, 0.6) is 5.88 Å². The molecule has 5 heteroatoms. The molecule has 0 saturated carbocycles. The molecule has 0 aliphatic heterocycles. The summed E-state index contributed by atoms with van der Waals surface area (Å²) in [7, 11) is 0. The summed E-state index contributed by atoms with van der Waals surface area (Å²) in [5, 5.41) is 25.2. The summed E-state index contributed by atoms with van der Waals surface area (Å²) in [5.74, 6) is 0.787. The zero-order valence-corrected chi connectivity index (χ0v) is 11.0. The van der Waals surface area contributed by atoms with Gasteiger partial charge in [0, 0.05) is 12.0 Å². The van der Waals surface area contributed by atoms with Gasteiger partial charge in [0.2, 0.25) is 5.88 Å². The average Bonchev–Trinajstić information content (AvgIpc) is 2.39. The SMILES string of the molecule is N=CCCSc1nc(O)c(C=N)c2c1CCCC2. The maximum absolute atomic E-state index is 9.88. The second kappa shape index (κ2) is 6.00. The van der Waals surface area contributed by atoms with Gasteiger partial charge in [0.25, 0.3) is 0 Å². The Morgan fingerprint density at radius 2 is 1.94 bits per heavy atom. The lowest BCUT2D eigenvalue weighted by atomic mass is 9.90. The highest BCUT2D eigenvalue weighted by Gasteiger charge is 2.20. The minimum atomic E-state index is -0.0250. The highest BCUT2D eigenvalue weighted by molar-refractivity contribution is 7.99. The predicted octanol–water partition coefficient (Wildman–Crippen LogP) is 2.80. The van der Waals surface area contributed by atoms with Gasteiger partial charge in [-0.2, -0.15) is 0 Å². The van der Waals surface area contributed by atoms with Crippen molar-refractivity contribution < 1.29 is 5.11 Å². The molecule has 0 radical (unpaired) electrons. The normalized spacial score (nSPS) is 14.0. The highest BCUT2D eigenvalue weighted by atomic mass is 32.2. The van der Waals surface area contributed by atoms with Crippen LogP contribution in [0.2, 0.25) is 0 Å². The molecule has 3 N–H and O–H groups in total. The quantitative estimate of drug-likeness (QED) is 0.434. The Hall–Kier alpha value is -1.36. The Balaban J connectivity index is 2.37. The number of aromatic nitrogens is 1. The van der Waals surface area contributed by atoms with Gasteiger partial charge >= 0.3 is 0 Å². The maximum Gasteiger partial charge on any atom is 0.221 e. The molecule has 18 heavy (non-hydrogen) atoms. The van der Waals surface area contributed by atoms with E-state index in [0.29, 0.717) is 12.0 Å². The van der Waals surface area contributed by atoms with Crippen molar-refractivity contribution in [3.63, 3.8) is 0 Å². The summed E-state index contributed by atoms with van der Waals surface area (Å²) in [6.07, 6.45) is 7.49. The van der Waals surface area contributed by atoms with Crippen molar-refractivity contribution >= 4 is 24.2 Å². The van der Waals surface area contributed by atoms with Gasteiger partial charge in [0.15, 0.2) is 0 Å². The number of rotatable bonds is 5. The number of hydrogen-bond donors (Lipinski definition) is 3. The van der Waals surface area contributed by atoms with Crippen LogP contribution in [-0.4, -0.2) is 28.3 Å². The second-order valence-corrected chi connectivity index (χ2v) is 5.39. The first-order valence-electron chi connectivity index (χ1n) is 6.15. The molecule has 0 saturated heterocycles. The van der Waals surface area contributed by atoms with Gasteiger partial charge in [-0.15, -0.1) is 11.8 Å². The number of hydrogen-bond acceptors (Lipinski definition) is 5. The third-order valence-electron chi connectivity index (χ3n) is 3.14. The van der Waals surface area contributed by atoms with E-state index in [2.05, 4.69) is 4.98 Å². The molecule has 1 aliphatic rings. The van der Waals surface area contributed by atoms with Gasteiger partial charge in [-0.1, -0.05) is 0 Å². The molecular weight excluding hydrogens is 246 g/mol. The molecule has 0 atom stereocenters. The van der Waals surface area contributed by atoms with E-state index in [4.69, 9.17) is 10.8 Å². The number of pyridine rings is 1. The van der Waals surface area contributed by atoms with E-state index < -0.39 is 0 Å². The van der Waals surface area contributed by atoms with Crippen LogP contribution in [0.15, 0.2) is 5.03 Å². The molecule has 96 valence electrons. The third-order valence-corrected chi connectivity index (χ3v) is 4.20. The first-order chi connectivity index (χ1) is 8.77. The summed E-state index contributed by atoms with van der Waals surface area (Å²) >= 11 is 1.60. The van der Waals surface area contributed by atoms with Crippen LogP contribution in [0.1, 0.15) is 36.0 Å². The van der Waals surface area contributed by atoms with Crippen LogP contribution in [0.25, 0.3) is 0 Å². The van der Waals surface area contributed by atoms with E-state index in [0.717, 1.165) is 42.0 Å². The van der Waals surface area contributed by atoms with Crippen LogP contribution < -0.4 is 0 Å². The van der Waals surface area contributed by atoms with Crippen molar-refractivity contribution in [2.75, 3.05) is 5.75 Å². The predicted molar refractivity (Wildman–Crippen MR) is 74.6 cm³/mol. The van der Waals surface area contributed by atoms with Crippen molar-refractivity contribution in [1.29, 1.82) is 10.8 Å². The Morgan fingerprint density at radius 3 is 2.61 bits per heavy atom. The molecule has 0 fully saturated rings. The minimum absolute atomic E-state index is 0.0250. The number of nitrogens with zero attached hydrogens (tertiary/aromatic N) is 1. The van der Waals surface area contributed by atoms with E-state index in [1.807, 2.05) is 0 Å². The molecule has 0 amide bonds. The van der Waals surface area contributed by atoms with Gasteiger partial charge in [-0.05, 0) is 49.4 Å². The lowest BCUT2D eigenvalue weighted by molar-refractivity contribution is 0.443. The largest absolute Gasteiger partial charge is 0.493 e. The molecule has 1 aliphatic carbocycles.